The minimum Gasteiger partial charge on any atom is -0.496 e. The zero-order chi connectivity index (χ0) is 15.5. The summed E-state index contributed by atoms with van der Waals surface area (Å²) in [4.78, 5) is 12.8. The van der Waals surface area contributed by atoms with Gasteiger partial charge in [-0.3, -0.25) is 10.1 Å². The van der Waals surface area contributed by atoms with Gasteiger partial charge >= 0.3 is 0 Å². The summed E-state index contributed by atoms with van der Waals surface area (Å²) in [7, 11) is 5.71. The van der Waals surface area contributed by atoms with Crippen LogP contribution in [0.4, 0.5) is 11.4 Å². The van der Waals surface area contributed by atoms with E-state index < -0.39 is 4.92 Å². The topological polar surface area (TPSA) is 67.6 Å². The summed E-state index contributed by atoms with van der Waals surface area (Å²) in [6.45, 7) is 0.782. The number of methoxy groups -OCH3 is 1. The van der Waals surface area contributed by atoms with E-state index in [9.17, 15) is 10.1 Å². The predicted octanol–water partition coefficient (Wildman–Crippen LogP) is 2.89. The molecule has 21 heavy (non-hydrogen) atoms. The number of rotatable bonds is 6. The minimum atomic E-state index is -0.398. The van der Waals surface area contributed by atoms with Crippen molar-refractivity contribution in [1.82, 2.24) is 4.90 Å². The molecule has 1 aliphatic rings. The molecule has 1 N–H and O–H groups in total. The van der Waals surface area contributed by atoms with Gasteiger partial charge in [-0.25, -0.2) is 0 Å². The second-order valence-corrected chi connectivity index (χ2v) is 5.86. The highest BCUT2D eigenvalue weighted by Gasteiger charge is 2.35. The maximum absolute atomic E-state index is 11.0. The number of non-ortho nitro benzene ring substituents is 1. The Morgan fingerprint density at radius 3 is 2.52 bits per heavy atom. The summed E-state index contributed by atoms with van der Waals surface area (Å²) >= 11 is 0. The number of nitro groups is 1. The van der Waals surface area contributed by atoms with Crippen LogP contribution >= 0.6 is 0 Å². The van der Waals surface area contributed by atoms with Crippen molar-refractivity contribution in [3.8, 4) is 5.75 Å². The quantitative estimate of drug-likeness (QED) is 0.645. The monoisotopic (exact) mass is 293 g/mol. The molecule has 0 saturated heterocycles. The number of hydrogen-bond donors (Lipinski definition) is 1. The third kappa shape index (κ3) is 3.44. The Bertz CT molecular complexity index is 511. The molecule has 0 aromatic heterocycles. The summed E-state index contributed by atoms with van der Waals surface area (Å²) < 4.78 is 5.14. The fourth-order valence-corrected chi connectivity index (χ4v) is 2.99. The lowest BCUT2D eigenvalue weighted by atomic mass is 9.96. The highest BCUT2D eigenvalue weighted by molar-refractivity contribution is 5.56. The molecule has 0 spiro atoms. The van der Waals surface area contributed by atoms with Gasteiger partial charge in [0.25, 0.3) is 5.69 Å². The molecule has 0 atom stereocenters. The lowest BCUT2D eigenvalue weighted by molar-refractivity contribution is -0.384. The van der Waals surface area contributed by atoms with Crippen LogP contribution in [0.25, 0.3) is 0 Å². The zero-order valence-electron chi connectivity index (χ0n) is 12.9. The third-order valence-electron chi connectivity index (χ3n) is 4.44. The molecule has 1 aromatic carbocycles. The van der Waals surface area contributed by atoms with Crippen molar-refractivity contribution in [3.63, 3.8) is 0 Å². The van der Waals surface area contributed by atoms with Crippen LogP contribution in [0.5, 0.6) is 5.75 Å². The predicted molar refractivity (Wildman–Crippen MR) is 83.0 cm³/mol. The molecule has 1 saturated carbocycles. The second kappa shape index (κ2) is 6.30. The summed E-state index contributed by atoms with van der Waals surface area (Å²) in [6.07, 6.45) is 4.77. The molecular weight excluding hydrogens is 270 g/mol. The Hall–Kier alpha value is -1.82. The van der Waals surface area contributed by atoms with E-state index >= 15 is 0 Å². The lowest BCUT2D eigenvalue weighted by Crippen LogP contribution is -2.47. The van der Waals surface area contributed by atoms with Crippen molar-refractivity contribution in [1.29, 1.82) is 0 Å². The fraction of sp³-hybridized carbons (Fsp3) is 0.600. The third-order valence-corrected chi connectivity index (χ3v) is 4.44. The molecule has 0 bridgehead atoms. The average Bonchev–Trinajstić information content (AvgIpc) is 2.95. The van der Waals surface area contributed by atoms with E-state index in [1.54, 1.807) is 12.1 Å². The van der Waals surface area contributed by atoms with E-state index in [0.717, 1.165) is 25.1 Å². The van der Waals surface area contributed by atoms with Gasteiger partial charge in [0.15, 0.2) is 0 Å². The summed E-state index contributed by atoms with van der Waals surface area (Å²) in [6, 6.07) is 4.79. The summed E-state index contributed by atoms with van der Waals surface area (Å²) in [5.41, 5.74) is 0.911. The molecule has 0 amide bonds. The van der Waals surface area contributed by atoms with Gasteiger partial charge in [0.2, 0.25) is 0 Å². The van der Waals surface area contributed by atoms with E-state index in [2.05, 4.69) is 24.3 Å². The summed E-state index contributed by atoms with van der Waals surface area (Å²) in [5.74, 6) is 0.497. The Kier molecular flexibility index (Phi) is 4.67. The van der Waals surface area contributed by atoms with Gasteiger partial charge in [-0.2, -0.15) is 0 Å². The van der Waals surface area contributed by atoms with Crippen LogP contribution in [0, 0.1) is 10.1 Å². The number of nitro benzene ring substituents is 1. The summed E-state index contributed by atoms with van der Waals surface area (Å²) in [5, 5.41) is 14.3. The number of benzene rings is 1. The Labute approximate surface area is 125 Å². The first kappa shape index (κ1) is 15.6. The maximum atomic E-state index is 11.0. The van der Waals surface area contributed by atoms with Crippen LogP contribution in [-0.4, -0.2) is 43.1 Å². The largest absolute Gasteiger partial charge is 0.496 e. The molecule has 1 fully saturated rings. The molecule has 0 aliphatic heterocycles. The molecule has 2 rings (SSSR count). The zero-order valence-corrected chi connectivity index (χ0v) is 12.9. The second-order valence-electron chi connectivity index (χ2n) is 5.86. The van der Waals surface area contributed by atoms with Gasteiger partial charge in [0.1, 0.15) is 5.75 Å². The van der Waals surface area contributed by atoms with Crippen LogP contribution in [0.15, 0.2) is 18.2 Å². The minimum absolute atomic E-state index is 0.0437. The van der Waals surface area contributed by atoms with Crippen molar-refractivity contribution >= 4 is 11.4 Å². The number of ether oxygens (including phenoxy) is 1. The van der Waals surface area contributed by atoms with Gasteiger partial charge in [-0.05, 0) is 26.9 Å². The van der Waals surface area contributed by atoms with Crippen LogP contribution in [0.2, 0.25) is 0 Å². The van der Waals surface area contributed by atoms with Gasteiger partial charge in [0.05, 0.1) is 18.1 Å². The van der Waals surface area contributed by atoms with E-state index in [1.807, 2.05) is 0 Å². The first-order valence-corrected chi connectivity index (χ1v) is 7.22. The van der Waals surface area contributed by atoms with Crippen molar-refractivity contribution in [2.75, 3.05) is 33.1 Å². The van der Waals surface area contributed by atoms with Gasteiger partial charge in [-0.15, -0.1) is 0 Å². The number of likely N-dealkylation sites (N-methyl/N-ethyl adjacent to an activating group) is 1. The van der Waals surface area contributed by atoms with Crippen LogP contribution < -0.4 is 10.1 Å². The molecule has 6 nitrogen and oxygen atoms in total. The van der Waals surface area contributed by atoms with Crippen molar-refractivity contribution in [2.24, 2.45) is 0 Å². The molecule has 6 heteroatoms. The van der Waals surface area contributed by atoms with Crippen molar-refractivity contribution in [2.45, 2.75) is 31.2 Å². The van der Waals surface area contributed by atoms with Crippen molar-refractivity contribution < 1.29 is 9.66 Å². The van der Waals surface area contributed by atoms with E-state index in [-0.39, 0.29) is 11.2 Å². The Balaban J connectivity index is 2.15. The molecule has 0 heterocycles. The van der Waals surface area contributed by atoms with E-state index in [1.165, 1.54) is 26.0 Å². The van der Waals surface area contributed by atoms with Crippen LogP contribution in [0.1, 0.15) is 25.7 Å². The fourth-order valence-electron chi connectivity index (χ4n) is 2.99. The number of nitrogens with zero attached hydrogens (tertiary/aromatic N) is 2. The van der Waals surface area contributed by atoms with Crippen LogP contribution in [-0.2, 0) is 0 Å². The molecule has 0 unspecified atom stereocenters. The SMILES string of the molecule is COc1cc(NCC2(N(C)C)CCCC2)cc([N+](=O)[O-])c1. The number of anilines is 1. The van der Waals surface area contributed by atoms with Crippen LogP contribution in [0.3, 0.4) is 0 Å². The molecule has 116 valence electrons. The molecule has 1 aliphatic carbocycles. The smallest absolute Gasteiger partial charge is 0.275 e. The molecular formula is C15H23N3O3. The van der Waals surface area contributed by atoms with E-state index in [0.29, 0.717) is 5.75 Å². The average molecular weight is 293 g/mol. The lowest BCUT2D eigenvalue weighted by Gasteiger charge is -2.36. The van der Waals surface area contributed by atoms with Gasteiger partial charge in [0, 0.05) is 29.9 Å². The highest BCUT2D eigenvalue weighted by atomic mass is 16.6. The number of hydrogen-bond acceptors (Lipinski definition) is 5. The van der Waals surface area contributed by atoms with Gasteiger partial charge in [-0.1, -0.05) is 12.8 Å². The highest BCUT2D eigenvalue weighted by Crippen LogP contribution is 2.34. The first-order chi connectivity index (χ1) is 9.97. The normalized spacial score (nSPS) is 17.0. The first-order valence-electron chi connectivity index (χ1n) is 7.22. The Morgan fingerprint density at radius 2 is 2.00 bits per heavy atom. The maximum Gasteiger partial charge on any atom is 0.275 e. The standard InChI is InChI=1S/C15H23N3O3/c1-17(2)15(6-4-5-7-15)11-16-12-8-13(18(19)20)10-14(9-12)21-3/h8-10,16H,4-7,11H2,1-3H3. The van der Waals surface area contributed by atoms with Gasteiger partial charge < -0.3 is 15.0 Å². The molecule has 1 aromatic rings. The molecule has 0 radical (unpaired) electrons. The number of nitrogens with one attached hydrogen (secondary N) is 1. The Morgan fingerprint density at radius 1 is 1.33 bits per heavy atom. The van der Waals surface area contributed by atoms with E-state index in [4.69, 9.17) is 4.74 Å². The van der Waals surface area contributed by atoms with Crippen molar-refractivity contribution in [3.05, 3.63) is 28.3 Å².